The van der Waals surface area contributed by atoms with Gasteiger partial charge in [-0.25, -0.2) is 0 Å². The van der Waals surface area contributed by atoms with Gasteiger partial charge in [0.15, 0.2) is 5.78 Å². The zero-order valence-electron chi connectivity index (χ0n) is 10.6. The van der Waals surface area contributed by atoms with Crippen molar-refractivity contribution in [3.63, 3.8) is 0 Å². The molecule has 0 saturated carbocycles. The Morgan fingerprint density at radius 2 is 1.94 bits per heavy atom. The first kappa shape index (κ1) is 11.6. The summed E-state index contributed by atoms with van der Waals surface area (Å²) in [5.74, 6) is 0.0807. The number of fused-ring (bicyclic) bond motifs is 1. The van der Waals surface area contributed by atoms with E-state index in [9.17, 15) is 4.79 Å². The van der Waals surface area contributed by atoms with E-state index in [1.165, 1.54) is 0 Å². The number of carbonyl (C=O) groups is 1. The van der Waals surface area contributed by atoms with Crippen molar-refractivity contribution in [3.05, 3.63) is 35.5 Å². The lowest BCUT2D eigenvalue weighted by molar-refractivity contribution is 0.101. The van der Waals surface area contributed by atoms with E-state index >= 15 is 0 Å². The molecule has 0 bridgehead atoms. The van der Waals surface area contributed by atoms with E-state index in [1.807, 2.05) is 50.2 Å². The second-order valence-corrected chi connectivity index (χ2v) is 4.47. The van der Waals surface area contributed by atoms with Crippen LogP contribution in [0.4, 0.5) is 5.69 Å². The SMILES string of the molecule is CC(=O)c1ccc2nc(C)cc(N(C)C)c2c1. The molecule has 2 rings (SSSR count). The number of Topliss-reactive ketones (excluding diaryl/α,β-unsaturated/α-hetero) is 1. The van der Waals surface area contributed by atoms with Crippen LogP contribution >= 0.6 is 0 Å². The van der Waals surface area contributed by atoms with Gasteiger partial charge >= 0.3 is 0 Å². The summed E-state index contributed by atoms with van der Waals surface area (Å²) >= 11 is 0. The van der Waals surface area contributed by atoms with Gasteiger partial charge in [0.1, 0.15) is 0 Å². The molecule has 0 spiro atoms. The van der Waals surface area contributed by atoms with E-state index in [0.29, 0.717) is 0 Å². The molecule has 88 valence electrons. The summed E-state index contributed by atoms with van der Waals surface area (Å²) in [5.41, 5.74) is 3.73. The highest BCUT2D eigenvalue weighted by Crippen LogP contribution is 2.26. The molecule has 1 aromatic heterocycles. The van der Waals surface area contributed by atoms with Crippen LogP contribution in [0.5, 0.6) is 0 Å². The molecule has 0 atom stereocenters. The van der Waals surface area contributed by atoms with Crippen LogP contribution in [-0.2, 0) is 0 Å². The Morgan fingerprint density at radius 1 is 1.24 bits per heavy atom. The number of anilines is 1. The van der Waals surface area contributed by atoms with E-state index in [1.54, 1.807) is 6.92 Å². The number of aromatic nitrogens is 1. The van der Waals surface area contributed by atoms with E-state index < -0.39 is 0 Å². The minimum atomic E-state index is 0.0807. The molecule has 0 N–H and O–H groups in total. The summed E-state index contributed by atoms with van der Waals surface area (Å²) in [4.78, 5) is 17.9. The van der Waals surface area contributed by atoms with Crippen LogP contribution in [0.2, 0.25) is 0 Å². The van der Waals surface area contributed by atoms with Gasteiger partial charge in [0.05, 0.1) is 5.52 Å². The average molecular weight is 228 g/mol. The van der Waals surface area contributed by atoms with Crippen LogP contribution in [0, 0.1) is 6.92 Å². The highest BCUT2D eigenvalue weighted by atomic mass is 16.1. The van der Waals surface area contributed by atoms with Gasteiger partial charge in [-0.1, -0.05) is 0 Å². The molecule has 3 nitrogen and oxygen atoms in total. The Labute approximate surface area is 101 Å². The van der Waals surface area contributed by atoms with Crippen LogP contribution in [0.3, 0.4) is 0 Å². The summed E-state index contributed by atoms with van der Waals surface area (Å²) in [5, 5.41) is 1.02. The molecule has 0 aliphatic heterocycles. The fourth-order valence-corrected chi connectivity index (χ4v) is 1.93. The zero-order valence-corrected chi connectivity index (χ0v) is 10.6. The maximum atomic E-state index is 11.4. The number of rotatable bonds is 2. The summed E-state index contributed by atoms with van der Waals surface area (Å²) in [6, 6.07) is 7.69. The Hall–Kier alpha value is -1.90. The highest BCUT2D eigenvalue weighted by Gasteiger charge is 2.08. The molecule has 0 fully saturated rings. The number of nitrogens with zero attached hydrogens (tertiary/aromatic N) is 2. The molecule has 1 heterocycles. The van der Waals surface area contributed by atoms with Crippen molar-refractivity contribution in [2.75, 3.05) is 19.0 Å². The number of aryl methyl sites for hydroxylation is 1. The first-order chi connectivity index (χ1) is 7.99. The fraction of sp³-hybridized carbons (Fsp3) is 0.286. The monoisotopic (exact) mass is 228 g/mol. The van der Waals surface area contributed by atoms with Gasteiger partial charge in [-0.05, 0) is 38.1 Å². The molecule has 3 heteroatoms. The van der Waals surface area contributed by atoms with Gasteiger partial charge in [-0.3, -0.25) is 9.78 Å². The summed E-state index contributed by atoms with van der Waals surface area (Å²) < 4.78 is 0. The minimum absolute atomic E-state index is 0.0807. The normalized spacial score (nSPS) is 10.6. The van der Waals surface area contributed by atoms with E-state index in [2.05, 4.69) is 4.98 Å². The topological polar surface area (TPSA) is 33.2 Å². The van der Waals surface area contributed by atoms with Crippen molar-refractivity contribution >= 4 is 22.4 Å². The van der Waals surface area contributed by atoms with E-state index in [-0.39, 0.29) is 5.78 Å². The largest absolute Gasteiger partial charge is 0.377 e. The van der Waals surface area contributed by atoms with Crippen LogP contribution in [0.25, 0.3) is 10.9 Å². The molecule has 1 aromatic carbocycles. The average Bonchev–Trinajstić information content (AvgIpc) is 2.26. The Kier molecular flexibility index (Phi) is 2.84. The third-order valence-electron chi connectivity index (χ3n) is 2.80. The molecular weight excluding hydrogens is 212 g/mol. The van der Waals surface area contributed by atoms with E-state index in [0.717, 1.165) is 27.8 Å². The second kappa shape index (κ2) is 4.17. The number of pyridine rings is 1. The number of ketones is 1. The van der Waals surface area contributed by atoms with Crippen LogP contribution in [0.15, 0.2) is 24.3 Å². The molecule has 0 aliphatic carbocycles. The number of benzene rings is 1. The first-order valence-electron chi connectivity index (χ1n) is 5.58. The molecule has 2 aromatic rings. The molecule has 0 amide bonds. The van der Waals surface area contributed by atoms with Gasteiger partial charge in [0.2, 0.25) is 0 Å². The molecule has 0 radical (unpaired) electrons. The van der Waals surface area contributed by atoms with Crippen molar-refractivity contribution in [3.8, 4) is 0 Å². The Balaban J connectivity index is 2.78. The van der Waals surface area contributed by atoms with Gasteiger partial charge < -0.3 is 4.90 Å². The van der Waals surface area contributed by atoms with Gasteiger partial charge in [0.25, 0.3) is 0 Å². The van der Waals surface area contributed by atoms with Crippen molar-refractivity contribution in [1.82, 2.24) is 4.98 Å². The maximum absolute atomic E-state index is 11.4. The highest BCUT2D eigenvalue weighted by molar-refractivity contribution is 6.01. The molecule has 0 unspecified atom stereocenters. The lowest BCUT2D eigenvalue weighted by Crippen LogP contribution is -2.10. The first-order valence-corrected chi connectivity index (χ1v) is 5.58. The minimum Gasteiger partial charge on any atom is -0.377 e. The van der Waals surface area contributed by atoms with Gasteiger partial charge in [0, 0.05) is 36.4 Å². The second-order valence-electron chi connectivity index (χ2n) is 4.47. The van der Waals surface area contributed by atoms with Crippen molar-refractivity contribution in [2.45, 2.75) is 13.8 Å². The number of carbonyl (C=O) groups excluding carboxylic acids is 1. The van der Waals surface area contributed by atoms with Crippen LogP contribution in [-0.4, -0.2) is 24.9 Å². The third kappa shape index (κ3) is 2.13. The quantitative estimate of drug-likeness (QED) is 0.741. The van der Waals surface area contributed by atoms with Crippen molar-refractivity contribution in [1.29, 1.82) is 0 Å². The lowest BCUT2D eigenvalue weighted by atomic mass is 10.1. The van der Waals surface area contributed by atoms with Gasteiger partial charge in [-0.2, -0.15) is 0 Å². The Morgan fingerprint density at radius 3 is 2.53 bits per heavy atom. The standard InChI is InChI=1S/C14H16N2O/c1-9-7-14(16(3)4)12-8-11(10(2)17)5-6-13(12)15-9/h5-8H,1-4H3. The maximum Gasteiger partial charge on any atom is 0.159 e. The Bertz CT molecular complexity index is 588. The summed E-state index contributed by atoms with van der Waals surface area (Å²) in [6.45, 7) is 3.56. The molecule has 17 heavy (non-hydrogen) atoms. The molecular formula is C14H16N2O. The zero-order chi connectivity index (χ0) is 12.6. The smallest absolute Gasteiger partial charge is 0.159 e. The van der Waals surface area contributed by atoms with Crippen LogP contribution < -0.4 is 4.90 Å². The van der Waals surface area contributed by atoms with Gasteiger partial charge in [-0.15, -0.1) is 0 Å². The van der Waals surface area contributed by atoms with Crippen molar-refractivity contribution in [2.24, 2.45) is 0 Å². The van der Waals surface area contributed by atoms with E-state index in [4.69, 9.17) is 0 Å². The summed E-state index contributed by atoms with van der Waals surface area (Å²) in [6.07, 6.45) is 0. The molecule has 0 saturated heterocycles. The summed E-state index contributed by atoms with van der Waals surface area (Å²) in [7, 11) is 3.99. The predicted octanol–water partition coefficient (Wildman–Crippen LogP) is 2.81. The predicted molar refractivity (Wildman–Crippen MR) is 70.8 cm³/mol. The third-order valence-corrected chi connectivity index (χ3v) is 2.80. The number of hydrogen-bond acceptors (Lipinski definition) is 3. The number of hydrogen-bond donors (Lipinski definition) is 0. The molecule has 0 aliphatic rings. The fourth-order valence-electron chi connectivity index (χ4n) is 1.93. The van der Waals surface area contributed by atoms with Crippen molar-refractivity contribution < 1.29 is 4.79 Å². The van der Waals surface area contributed by atoms with Crippen LogP contribution in [0.1, 0.15) is 23.0 Å². The lowest BCUT2D eigenvalue weighted by Gasteiger charge is -2.16.